The van der Waals surface area contributed by atoms with E-state index in [-0.39, 0.29) is 6.04 Å². The van der Waals surface area contributed by atoms with Crippen molar-refractivity contribution < 1.29 is 0 Å². The molecule has 0 spiro atoms. The lowest BCUT2D eigenvalue weighted by molar-refractivity contribution is 0.445. The smallest absolute Gasteiger partial charge is 0.0491 e. The molecule has 4 rings (SSSR count). The van der Waals surface area contributed by atoms with Crippen LogP contribution in [0.5, 0.6) is 0 Å². The van der Waals surface area contributed by atoms with E-state index < -0.39 is 0 Å². The molecule has 3 aromatic rings. The first-order valence-corrected chi connectivity index (χ1v) is 8.56. The van der Waals surface area contributed by atoms with Crippen molar-refractivity contribution >= 4 is 21.8 Å². The Balaban J connectivity index is 1.88. The fourth-order valence-electron chi connectivity index (χ4n) is 4.21. The summed E-state index contributed by atoms with van der Waals surface area (Å²) in [5.41, 5.74) is 10.5. The molecule has 1 atom stereocenters. The molecule has 0 bridgehead atoms. The van der Waals surface area contributed by atoms with Crippen LogP contribution in [-0.2, 0) is 6.54 Å². The molecule has 22 heavy (non-hydrogen) atoms. The first kappa shape index (κ1) is 13.8. The molecule has 1 aromatic heterocycles. The first-order chi connectivity index (χ1) is 10.8. The molecule has 114 valence electrons. The summed E-state index contributed by atoms with van der Waals surface area (Å²) in [5, 5.41) is 2.70. The van der Waals surface area contributed by atoms with Gasteiger partial charge >= 0.3 is 0 Å². The number of nitrogens with two attached hydrogens (primary N) is 1. The minimum Gasteiger partial charge on any atom is -0.341 e. The van der Waals surface area contributed by atoms with Gasteiger partial charge in [-0.1, -0.05) is 37.1 Å². The quantitative estimate of drug-likeness (QED) is 0.723. The van der Waals surface area contributed by atoms with Crippen molar-refractivity contribution in [3.05, 3.63) is 48.0 Å². The highest BCUT2D eigenvalue weighted by Gasteiger charge is 2.23. The number of aromatic nitrogens is 1. The fraction of sp³-hybridized carbons (Fsp3) is 0.400. The summed E-state index contributed by atoms with van der Waals surface area (Å²) in [5.74, 6) is 0.664. The van der Waals surface area contributed by atoms with Gasteiger partial charge in [-0.15, -0.1) is 0 Å². The molecule has 1 aliphatic rings. The Morgan fingerprint density at radius 3 is 2.55 bits per heavy atom. The molecule has 1 fully saturated rings. The largest absolute Gasteiger partial charge is 0.341 e. The number of hydrogen-bond donors (Lipinski definition) is 1. The number of nitrogens with zero attached hydrogens (tertiary/aromatic N) is 1. The minimum atomic E-state index is 0.190. The Bertz CT molecular complexity index is 809. The predicted molar refractivity (Wildman–Crippen MR) is 94.0 cm³/mol. The normalized spacial score (nSPS) is 17.5. The van der Waals surface area contributed by atoms with Crippen molar-refractivity contribution in [1.29, 1.82) is 0 Å². The second-order valence-corrected chi connectivity index (χ2v) is 6.61. The van der Waals surface area contributed by atoms with E-state index in [0.29, 0.717) is 5.92 Å². The molecular weight excluding hydrogens is 268 g/mol. The summed E-state index contributed by atoms with van der Waals surface area (Å²) in [4.78, 5) is 0. The van der Waals surface area contributed by atoms with Crippen LogP contribution < -0.4 is 5.73 Å². The van der Waals surface area contributed by atoms with Crippen molar-refractivity contribution in [1.82, 2.24) is 4.57 Å². The van der Waals surface area contributed by atoms with Crippen molar-refractivity contribution in [3.8, 4) is 0 Å². The van der Waals surface area contributed by atoms with Crippen LogP contribution in [0.2, 0.25) is 0 Å². The van der Waals surface area contributed by atoms with Crippen molar-refractivity contribution in [2.75, 3.05) is 0 Å². The minimum absolute atomic E-state index is 0.190. The molecule has 1 heterocycles. The van der Waals surface area contributed by atoms with Gasteiger partial charge in [0.1, 0.15) is 0 Å². The lowest BCUT2D eigenvalue weighted by Gasteiger charge is -2.19. The summed E-state index contributed by atoms with van der Waals surface area (Å²) in [7, 11) is 0. The topological polar surface area (TPSA) is 30.9 Å². The number of benzene rings is 2. The Hall–Kier alpha value is -1.80. The fourth-order valence-corrected chi connectivity index (χ4v) is 4.21. The molecule has 2 heteroatoms. The van der Waals surface area contributed by atoms with E-state index in [4.69, 9.17) is 5.73 Å². The lowest BCUT2D eigenvalue weighted by atomic mass is 9.91. The Morgan fingerprint density at radius 1 is 1.05 bits per heavy atom. The highest BCUT2D eigenvalue weighted by molar-refractivity contribution is 6.08. The average molecular weight is 292 g/mol. The van der Waals surface area contributed by atoms with E-state index in [1.165, 1.54) is 53.1 Å². The third-order valence-electron chi connectivity index (χ3n) is 5.41. The molecule has 2 nitrogen and oxygen atoms in total. The molecule has 0 saturated heterocycles. The first-order valence-electron chi connectivity index (χ1n) is 8.56. The van der Waals surface area contributed by atoms with Crippen LogP contribution in [0, 0.1) is 5.92 Å². The van der Waals surface area contributed by atoms with Crippen LogP contribution in [0.4, 0.5) is 0 Å². The number of aryl methyl sites for hydroxylation is 1. The molecule has 1 saturated carbocycles. The third-order valence-corrected chi connectivity index (χ3v) is 5.41. The maximum atomic E-state index is 6.57. The van der Waals surface area contributed by atoms with Gasteiger partial charge in [-0.25, -0.2) is 0 Å². The van der Waals surface area contributed by atoms with E-state index in [1.54, 1.807) is 0 Å². The SMILES string of the molecule is CCn1c2ccccc2c2cc([C@H](N)C3CCCC3)ccc21. The van der Waals surface area contributed by atoms with Gasteiger partial charge in [0.05, 0.1) is 0 Å². The highest BCUT2D eigenvalue weighted by atomic mass is 15.0. The molecule has 0 unspecified atom stereocenters. The van der Waals surface area contributed by atoms with Crippen LogP contribution in [-0.4, -0.2) is 4.57 Å². The van der Waals surface area contributed by atoms with E-state index >= 15 is 0 Å². The Kier molecular flexibility index (Phi) is 3.42. The molecule has 1 aliphatic carbocycles. The van der Waals surface area contributed by atoms with E-state index in [9.17, 15) is 0 Å². The summed E-state index contributed by atoms with van der Waals surface area (Å²) in [6.07, 6.45) is 5.26. The number of fused-ring (bicyclic) bond motifs is 3. The summed E-state index contributed by atoms with van der Waals surface area (Å²) >= 11 is 0. The Labute approximate surface area is 131 Å². The third kappa shape index (κ3) is 2.05. The van der Waals surface area contributed by atoms with E-state index in [2.05, 4.69) is 54.0 Å². The van der Waals surface area contributed by atoms with Gasteiger partial charge in [-0.3, -0.25) is 0 Å². The molecule has 2 N–H and O–H groups in total. The van der Waals surface area contributed by atoms with Gasteiger partial charge in [0.25, 0.3) is 0 Å². The highest BCUT2D eigenvalue weighted by Crippen LogP contribution is 2.36. The van der Waals surface area contributed by atoms with Gasteiger partial charge in [-0.05, 0) is 49.4 Å². The number of para-hydroxylation sites is 1. The number of rotatable bonds is 3. The molecule has 2 aromatic carbocycles. The molecule has 0 radical (unpaired) electrons. The van der Waals surface area contributed by atoms with Gasteiger partial charge < -0.3 is 10.3 Å². The van der Waals surface area contributed by atoms with Crippen LogP contribution in [0.3, 0.4) is 0 Å². The second kappa shape index (κ2) is 5.44. The second-order valence-electron chi connectivity index (χ2n) is 6.61. The molecular formula is C20H24N2. The van der Waals surface area contributed by atoms with Crippen LogP contribution in [0.15, 0.2) is 42.5 Å². The van der Waals surface area contributed by atoms with Gasteiger partial charge in [0.2, 0.25) is 0 Å². The maximum absolute atomic E-state index is 6.57. The van der Waals surface area contributed by atoms with Gasteiger partial charge in [-0.2, -0.15) is 0 Å². The molecule has 0 aliphatic heterocycles. The van der Waals surface area contributed by atoms with E-state index in [1.807, 2.05) is 0 Å². The standard InChI is InChI=1S/C20H24N2/c1-2-22-18-10-6-5-9-16(18)17-13-15(11-12-19(17)22)20(21)14-7-3-4-8-14/h5-6,9-14,20H,2-4,7-8,21H2,1H3/t20-/m1/s1. The van der Waals surface area contributed by atoms with Gasteiger partial charge in [0, 0.05) is 34.4 Å². The Morgan fingerprint density at radius 2 is 1.77 bits per heavy atom. The average Bonchev–Trinajstić information content (AvgIpc) is 3.20. The zero-order valence-corrected chi connectivity index (χ0v) is 13.3. The maximum Gasteiger partial charge on any atom is 0.0491 e. The summed E-state index contributed by atoms with van der Waals surface area (Å²) in [6, 6.07) is 15.7. The van der Waals surface area contributed by atoms with Crippen molar-refractivity contribution in [2.24, 2.45) is 11.7 Å². The van der Waals surface area contributed by atoms with Crippen molar-refractivity contribution in [3.63, 3.8) is 0 Å². The molecule has 0 amide bonds. The van der Waals surface area contributed by atoms with Crippen LogP contribution in [0.25, 0.3) is 21.8 Å². The summed E-state index contributed by atoms with van der Waals surface area (Å²) in [6.45, 7) is 3.21. The zero-order valence-electron chi connectivity index (χ0n) is 13.3. The zero-order chi connectivity index (χ0) is 15.1. The lowest BCUT2D eigenvalue weighted by Crippen LogP contribution is -2.18. The monoisotopic (exact) mass is 292 g/mol. The number of hydrogen-bond acceptors (Lipinski definition) is 1. The predicted octanol–water partition coefficient (Wildman–Crippen LogP) is 5.00. The van der Waals surface area contributed by atoms with Crippen LogP contribution >= 0.6 is 0 Å². The van der Waals surface area contributed by atoms with E-state index in [0.717, 1.165) is 6.54 Å². The van der Waals surface area contributed by atoms with Crippen LogP contribution in [0.1, 0.15) is 44.2 Å². The van der Waals surface area contributed by atoms with Gasteiger partial charge in [0.15, 0.2) is 0 Å². The summed E-state index contributed by atoms with van der Waals surface area (Å²) < 4.78 is 2.40. The van der Waals surface area contributed by atoms with Crippen molar-refractivity contribution in [2.45, 2.75) is 45.2 Å².